The Kier molecular flexibility index (Phi) is 10.5. The third kappa shape index (κ3) is 8.66. The number of ether oxygens (including phenoxy) is 1. The lowest BCUT2D eigenvalue weighted by atomic mass is 9.98. The van der Waals surface area contributed by atoms with Crippen molar-refractivity contribution < 1.29 is 14.3 Å². The molecule has 1 saturated heterocycles. The van der Waals surface area contributed by atoms with Crippen LogP contribution in [0.5, 0.6) is 5.75 Å². The van der Waals surface area contributed by atoms with Crippen LogP contribution in [0.1, 0.15) is 79.5 Å². The second kappa shape index (κ2) is 13.8. The van der Waals surface area contributed by atoms with Crippen molar-refractivity contribution in [3.63, 3.8) is 0 Å². The minimum atomic E-state index is -0.292. The third-order valence-electron chi connectivity index (χ3n) is 6.32. The van der Waals surface area contributed by atoms with Crippen LogP contribution in [0.15, 0.2) is 48.5 Å². The van der Waals surface area contributed by atoms with Gasteiger partial charge in [0, 0.05) is 29.9 Å². The van der Waals surface area contributed by atoms with Crippen LogP contribution in [0, 0.1) is 5.92 Å². The average molecular weight is 496 g/mol. The smallest absolute Gasteiger partial charge is 0.257 e. The van der Waals surface area contributed by atoms with E-state index in [2.05, 4.69) is 24.5 Å². The summed E-state index contributed by atoms with van der Waals surface area (Å²) in [6.07, 6.45) is 8.05. The maximum atomic E-state index is 12.7. The minimum Gasteiger partial charge on any atom is -0.494 e. The topological polar surface area (TPSA) is 70.7 Å². The lowest BCUT2D eigenvalue weighted by Crippen LogP contribution is -2.37. The Morgan fingerprint density at radius 2 is 1.57 bits per heavy atom. The molecule has 0 saturated carbocycles. The van der Waals surface area contributed by atoms with Gasteiger partial charge in [0.05, 0.1) is 6.61 Å². The molecule has 2 N–H and O–H groups in total. The van der Waals surface area contributed by atoms with E-state index in [9.17, 15) is 9.59 Å². The van der Waals surface area contributed by atoms with Crippen molar-refractivity contribution >= 4 is 34.8 Å². The van der Waals surface area contributed by atoms with Gasteiger partial charge in [0.2, 0.25) is 0 Å². The van der Waals surface area contributed by atoms with Gasteiger partial charge in [0.15, 0.2) is 5.11 Å². The van der Waals surface area contributed by atoms with Gasteiger partial charge >= 0.3 is 0 Å². The third-order valence-corrected chi connectivity index (χ3v) is 6.52. The quantitative estimate of drug-likeness (QED) is 0.311. The number of nitrogens with one attached hydrogen (secondary N) is 2. The zero-order chi connectivity index (χ0) is 25.0. The summed E-state index contributed by atoms with van der Waals surface area (Å²) in [5, 5.41) is 5.90. The van der Waals surface area contributed by atoms with E-state index in [1.165, 1.54) is 25.7 Å². The van der Waals surface area contributed by atoms with Crippen molar-refractivity contribution in [1.29, 1.82) is 0 Å². The Bertz CT molecular complexity index is 968. The Labute approximate surface area is 214 Å². The van der Waals surface area contributed by atoms with Gasteiger partial charge in [0.1, 0.15) is 5.75 Å². The van der Waals surface area contributed by atoms with E-state index < -0.39 is 0 Å². The number of carbonyl (C=O) groups excluding carboxylic acids is 2. The standard InChI is InChI=1S/C28H37N3O3S/c1-3-4-5-6-7-20-34-25-14-10-22(11-15-25)26(32)30-28(35)29-24-12-8-23(9-13-24)27(33)31-18-16-21(2)17-19-31/h8-15,21H,3-7,16-20H2,1-2H3,(H2,29,30,32,35). The largest absolute Gasteiger partial charge is 0.494 e. The van der Waals surface area contributed by atoms with E-state index in [1.807, 2.05) is 4.90 Å². The maximum Gasteiger partial charge on any atom is 0.257 e. The molecule has 0 radical (unpaired) electrons. The zero-order valence-electron chi connectivity index (χ0n) is 20.8. The molecule has 1 fully saturated rings. The molecule has 0 unspecified atom stereocenters. The van der Waals surface area contributed by atoms with Crippen molar-refractivity contribution in [3.05, 3.63) is 59.7 Å². The lowest BCUT2D eigenvalue weighted by Gasteiger charge is -2.30. The molecule has 6 nitrogen and oxygen atoms in total. The van der Waals surface area contributed by atoms with Gasteiger partial charge in [-0.1, -0.05) is 39.5 Å². The Morgan fingerprint density at radius 1 is 0.943 bits per heavy atom. The number of unbranched alkanes of at least 4 members (excludes halogenated alkanes) is 4. The van der Waals surface area contributed by atoms with Crippen molar-refractivity contribution in [2.75, 3.05) is 25.0 Å². The number of benzene rings is 2. The summed E-state index contributed by atoms with van der Waals surface area (Å²) in [6, 6.07) is 14.2. The molecule has 1 aliphatic heterocycles. The second-order valence-electron chi connectivity index (χ2n) is 9.25. The zero-order valence-corrected chi connectivity index (χ0v) is 21.7. The molecule has 2 aromatic carbocycles. The fourth-order valence-corrected chi connectivity index (χ4v) is 4.24. The normalized spacial score (nSPS) is 13.8. The number of amides is 2. The molecular weight excluding hydrogens is 458 g/mol. The van der Waals surface area contributed by atoms with Gasteiger partial charge in [-0.05, 0) is 85.9 Å². The van der Waals surface area contributed by atoms with Gasteiger partial charge in [-0.25, -0.2) is 0 Å². The van der Waals surface area contributed by atoms with Crippen LogP contribution in [-0.4, -0.2) is 41.5 Å². The molecule has 0 atom stereocenters. The number of hydrogen-bond acceptors (Lipinski definition) is 4. The summed E-state index contributed by atoms with van der Waals surface area (Å²) in [6.45, 7) is 6.73. The molecule has 35 heavy (non-hydrogen) atoms. The number of likely N-dealkylation sites (tertiary alicyclic amines) is 1. The van der Waals surface area contributed by atoms with Crippen LogP contribution in [0.3, 0.4) is 0 Å². The fourth-order valence-electron chi connectivity index (χ4n) is 4.03. The van der Waals surface area contributed by atoms with E-state index >= 15 is 0 Å². The molecule has 0 bridgehead atoms. The molecule has 0 aromatic heterocycles. The highest BCUT2D eigenvalue weighted by Crippen LogP contribution is 2.19. The molecule has 188 valence electrons. The number of rotatable bonds is 10. The Morgan fingerprint density at radius 3 is 2.23 bits per heavy atom. The molecule has 1 aliphatic rings. The van der Waals surface area contributed by atoms with Crippen LogP contribution in [0.4, 0.5) is 5.69 Å². The van der Waals surface area contributed by atoms with Crippen molar-refractivity contribution in [2.24, 2.45) is 5.92 Å². The van der Waals surface area contributed by atoms with Crippen molar-refractivity contribution in [2.45, 2.75) is 58.8 Å². The predicted octanol–water partition coefficient (Wildman–Crippen LogP) is 6.03. The van der Waals surface area contributed by atoms with E-state index in [4.69, 9.17) is 17.0 Å². The summed E-state index contributed by atoms with van der Waals surface area (Å²) >= 11 is 5.29. The maximum absolute atomic E-state index is 12.7. The summed E-state index contributed by atoms with van der Waals surface area (Å²) in [5.41, 5.74) is 1.87. The summed E-state index contributed by atoms with van der Waals surface area (Å²) in [4.78, 5) is 27.1. The predicted molar refractivity (Wildman–Crippen MR) is 145 cm³/mol. The van der Waals surface area contributed by atoms with Crippen molar-refractivity contribution in [1.82, 2.24) is 10.2 Å². The molecule has 0 spiro atoms. The first-order chi connectivity index (χ1) is 17.0. The number of thiocarbonyl (C=S) groups is 1. The van der Waals surface area contributed by atoms with E-state index in [-0.39, 0.29) is 16.9 Å². The molecule has 7 heteroatoms. The summed E-state index contributed by atoms with van der Waals surface area (Å²) < 4.78 is 5.75. The number of piperidine rings is 1. The highest BCUT2D eigenvalue weighted by atomic mass is 32.1. The number of anilines is 1. The van der Waals surface area contributed by atoms with Crippen molar-refractivity contribution in [3.8, 4) is 5.75 Å². The first-order valence-electron chi connectivity index (χ1n) is 12.7. The van der Waals surface area contributed by atoms with Crippen LogP contribution < -0.4 is 15.4 Å². The first kappa shape index (κ1) is 26.7. The van der Waals surface area contributed by atoms with Crippen LogP contribution in [0.25, 0.3) is 0 Å². The molecule has 0 aliphatic carbocycles. The monoisotopic (exact) mass is 495 g/mol. The van der Waals surface area contributed by atoms with E-state index in [0.29, 0.717) is 29.3 Å². The highest BCUT2D eigenvalue weighted by Gasteiger charge is 2.21. The van der Waals surface area contributed by atoms with E-state index in [1.54, 1.807) is 48.5 Å². The number of nitrogens with zero attached hydrogens (tertiary/aromatic N) is 1. The van der Waals surface area contributed by atoms with Gasteiger partial charge in [-0.15, -0.1) is 0 Å². The fraction of sp³-hybridized carbons (Fsp3) is 0.464. The van der Waals surface area contributed by atoms with Crippen LogP contribution in [0.2, 0.25) is 0 Å². The lowest BCUT2D eigenvalue weighted by molar-refractivity contribution is 0.0697. The molecule has 2 aromatic rings. The van der Waals surface area contributed by atoms with Crippen LogP contribution >= 0.6 is 12.2 Å². The highest BCUT2D eigenvalue weighted by molar-refractivity contribution is 7.80. The Hall–Kier alpha value is -2.93. The summed E-state index contributed by atoms with van der Waals surface area (Å²) in [7, 11) is 0. The second-order valence-corrected chi connectivity index (χ2v) is 9.66. The SMILES string of the molecule is CCCCCCCOc1ccc(C(=O)NC(=S)Nc2ccc(C(=O)N3CCC(C)CC3)cc2)cc1. The first-order valence-corrected chi connectivity index (χ1v) is 13.1. The Balaban J connectivity index is 1.42. The number of carbonyl (C=O) groups is 2. The van der Waals surface area contributed by atoms with Gasteiger partial charge in [-0.2, -0.15) is 0 Å². The van der Waals surface area contributed by atoms with Gasteiger partial charge in [-0.3, -0.25) is 14.9 Å². The number of hydrogen-bond donors (Lipinski definition) is 2. The molecule has 1 heterocycles. The molecule has 2 amide bonds. The molecule has 3 rings (SSSR count). The van der Waals surface area contributed by atoms with Gasteiger partial charge in [0.25, 0.3) is 11.8 Å². The minimum absolute atomic E-state index is 0.0586. The molecular formula is C28H37N3O3S. The van der Waals surface area contributed by atoms with Crippen LogP contribution in [-0.2, 0) is 0 Å². The average Bonchev–Trinajstić information content (AvgIpc) is 2.87. The van der Waals surface area contributed by atoms with E-state index in [0.717, 1.165) is 38.1 Å². The summed E-state index contributed by atoms with van der Waals surface area (Å²) in [5.74, 6) is 1.20. The van der Waals surface area contributed by atoms with Gasteiger partial charge < -0.3 is 15.0 Å².